The summed E-state index contributed by atoms with van der Waals surface area (Å²) in [4.78, 5) is 17.5. The Morgan fingerprint density at radius 1 is 1.04 bits per heavy atom. The summed E-state index contributed by atoms with van der Waals surface area (Å²) in [5.74, 6) is 1.03. The molecule has 1 aliphatic carbocycles. The monoisotopic (exact) mass is 337 g/mol. The van der Waals surface area contributed by atoms with E-state index in [1.807, 2.05) is 0 Å². The lowest BCUT2D eigenvalue weighted by molar-refractivity contribution is -0.127. The van der Waals surface area contributed by atoms with Crippen LogP contribution < -0.4 is 5.32 Å². The molecule has 1 amide bonds. The minimum atomic E-state index is 0.0243. The number of carbonyl (C=O) groups excluding carboxylic acids is 1. The minimum Gasteiger partial charge on any atom is -0.379 e. The highest BCUT2D eigenvalue weighted by Crippen LogP contribution is 2.22. The van der Waals surface area contributed by atoms with E-state index >= 15 is 0 Å². The Labute approximate surface area is 147 Å². The van der Waals surface area contributed by atoms with Crippen molar-refractivity contribution in [2.45, 2.75) is 64.0 Å². The van der Waals surface area contributed by atoms with Crippen LogP contribution in [0.4, 0.5) is 0 Å². The van der Waals surface area contributed by atoms with Crippen LogP contribution in [0, 0.1) is 5.92 Å². The van der Waals surface area contributed by atoms with E-state index in [4.69, 9.17) is 4.74 Å². The molecule has 3 rings (SSSR count). The first-order valence-corrected chi connectivity index (χ1v) is 10.1. The van der Waals surface area contributed by atoms with Gasteiger partial charge in [-0.25, -0.2) is 0 Å². The molecule has 0 aromatic carbocycles. The molecule has 5 heteroatoms. The van der Waals surface area contributed by atoms with Crippen molar-refractivity contribution < 1.29 is 9.53 Å². The molecule has 0 radical (unpaired) electrons. The number of hydrogen-bond acceptors (Lipinski definition) is 4. The van der Waals surface area contributed by atoms with Gasteiger partial charge in [0.05, 0.1) is 19.3 Å². The third kappa shape index (κ3) is 5.17. The second-order valence-corrected chi connectivity index (χ2v) is 7.91. The molecule has 0 spiro atoms. The number of amides is 1. The maximum atomic E-state index is 12.5. The van der Waals surface area contributed by atoms with Gasteiger partial charge in [0.2, 0.25) is 5.91 Å². The zero-order chi connectivity index (χ0) is 16.8. The predicted octanol–water partition coefficient (Wildman–Crippen LogP) is 1.87. The van der Waals surface area contributed by atoms with Crippen LogP contribution in [0.5, 0.6) is 0 Å². The normalized spacial score (nSPS) is 27.0. The van der Waals surface area contributed by atoms with E-state index in [0.29, 0.717) is 6.04 Å². The molecular weight excluding hydrogens is 302 g/mol. The number of rotatable bonds is 5. The quantitative estimate of drug-likeness (QED) is 0.832. The van der Waals surface area contributed by atoms with Gasteiger partial charge >= 0.3 is 0 Å². The van der Waals surface area contributed by atoms with Gasteiger partial charge in [0.25, 0.3) is 0 Å². The van der Waals surface area contributed by atoms with Crippen molar-refractivity contribution in [1.29, 1.82) is 0 Å². The Balaban J connectivity index is 1.37. The number of hydrogen-bond donors (Lipinski definition) is 1. The van der Waals surface area contributed by atoms with Crippen LogP contribution in [0.15, 0.2) is 0 Å². The Morgan fingerprint density at radius 3 is 2.38 bits per heavy atom. The molecule has 3 fully saturated rings. The Hall–Kier alpha value is -0.650. The molecule has 24 heavy (non-hydrogen) atoms. The predicted molar refractivity (Wildman–Crippen MR) is 96.0 cm³/mol. The molecule has 2 aliphatic heterocycles. The van der Waals surface area contributed by atoms with E-state index in [9.17, 15) is 4.79 Å². The fraction of sp³-hybridized carbons (Fsp3) is 0.947. The summed E-state index contributed by atoms with van der Waals surface area (Å²) in [5, 5.41) is 3.29. The van der Waals surface area contributed by atoms with Gasteiger partial charge in [-0.15, -0.1) is 0 Å². The molecule has 3 aliphatic rings. The number of piperidine rings is 1. The van der Waals surface area contributed by atoms with Gasteiger partial charge in [0.15, 0.2) is 0 Å². The highest BCUT2D eigenvalue weighted by Gasteiger charge is 2.29. The first kappa shape index (κ1) is 18.2. The molecule has 5 nitrogen and oxygen atoms in total. The van der Waals surface area contributed by atoms with Crippen molar-refractivity contribution in [3.05, 3.63) is 0 Å². The van der Waals surface area contributed by atoms with Crippen molar-refractivity contribution in [1.82, 2.24) is 15.1 Å². The minimum absolute atomic E-state index is 0.0243. The second-order valence-electron chi connectivity index (χ2n) is 7.91. The Morgan fingerprint density at radius 2 is 1.71 bits per heavy atom. The van der Waals surface area contributed by atoms with E-state index in [0.717, 1.165) is 45.3 Å². The van der Waals surface area contributed by atoms with Gasteiger partial charge in [-0.1, -0.05) is 19.3 Å². The topological polar surface area (TPSA) is 44.8 Å². The van der Waals surface area contributed by atoms with Crippen LogP contribution in [0.3, 0.4) is 0 Å². The first-order chi connectivity index (χ1) is 11.7. The molecule has 2 saturated heterocycles. The van der Waals surface area contributed by atoms with E-state index in [1.54, 1.807) is 0 Å². The van der Waals surface area contributed by atoms with Crippen molar-refractivity contribution in [2.75, 3.05) is 45.9 Å². The average Bonchev–Trinajstić information content (AvgIpc) is 2.63. The third-order valence-corrected chi connectivity index (χ3v) is 6.15. The molecule has 0 aromatic heterocycles. The summed E-state index contributed by atoms with van der Waals surface area (Å²) in [6.07, 6.45) is 8.65. The molecule has 0 unspecified atom stereocenters. The van der Waals surface area contributed by atoms with Crippen molar-refractivity contribution >= 4 is 5.91 Å². The second kappa shape index (κ2) is 9.16. The van der Waals surface area contributed by atoms with Gasteiger partial charge in [0.1, 0.15) is 0 Å². The molecule has 0 bridgehead atoms. The van der Waals surface area contributed by atoms with E-state index in [-0.39, 0.29) is 11.9 Å². The first-order valence-electron chi connectivity index (χ1n) is 10.1. The lowest BCUT2D eigenvalue weighted by atomic mass is 9.94. The van der Waals surface area contributed by atoms with Gasteiger partial charge in [-0.05, 0) is 51.6 Å². The number of carbonyl (C=O) groups is 1. The van der Waals surface area contributed by atoms with Crippen LogP contribution in [0.25, 0.3) is 0 Å². The Bertz CT molecular complexity index is 384. The van der Waals surface area contributed by atoms with Crippen LogP contribution in [0.2, 0.25) is 0 Å². The summed E-state index contributed by atoms with van der Waals surface area (Å²) in [6.45, 7) is 9.36. The van der Waals surface area contributed by atoms with Gasteiger partial charge < -0.3 is 10.1 Å². The average molecular weight is 338 g/mol. The summed E-state index contributed by atoms with van der Waals surface area (Å²) in [6, 6.07) is 0.448. The number of nitrogens with one attached hydrogen (secondary N) is 1. The molecule has 1 atom stereocenters. The summed E-state index contributed by atoms with van der Waals surface area (Å²) in [7, 11) is 0. The Kier molecular flexibility index (Phi) is 6.93. The summed E-state index contributed by atoms with van der Waals surface area (Å²) < 4.78 is 5.43. The number of likely N-dealkylation sites (tertiary alicyclic amines) is 1. The molecular formula is C19H35N3O2. The molecule has 138 valence electrons. The maximum absolute atomic E-state index is 12.5. The van der Waals surface area contributed by atoms with Gasteiger partial charge in [-0.2, -0.15) is 0 Å². The largest absolute Gasteiger partial charge is 0.379 e. The van der Waals surface area contributed by atoms with E-state index in [1.165, 1.54) is 51.5 Å². The van der Waals surface area contributed by atoms with E-state index < -0.39 is 0 Å². The van der Waals surface area contributed by atoms with Crippen molar-refractivity contribution in [3.63, 3.8) is 0 Å². The molecule has 1 N–H and O–H groups in total. The smallest absolute Gasteiger partial charge is 0.237 e. The summed E-state index contributed by atoms with van der Waals surface area (Å²) >= 11 is 0. The SMILES string of the molecule is C[C@H](C(=O)NC1CCCCC1)N1CCC(CN2CCOCC2)CC1. The molecule has 0 aromatic rings. The lowest BCUT2D eigenvalue weighted by Crippen LogP contribution is -2.51. The zero-order valence-corrected chi connectivity index (χ0v) is 15.3. The van der Waals surface area contributed by atoms with Crippen molar-refractivity contribution in [2.24, 2.45) is 5.92 Å². The highest BCUT2D eigenvalue weighted by atomic mass is 16.5. The fourth-order valence-corrected chi connectivity index (χ4v) is 4.41. The van der Waals surface area contributed by atoms with Gasteiger partial charge in [0, 0.05) is 25.7 Å². The summed E-state index contributed by atoms with van der Waals surface area (Å²) in [5.41, 5.74) is 0. The van der Waals surface area contributed by atoms with Crippen LogP contribution >= 0.6 is 0 Å². The van der Waals surface area contributed by atoms with Crippen LogP contribution in [-0.4, -0.2) is 73.7 Å². The molecule has 1 saturated carbocycles. The van der Waals surface area contributed by atoms with Crippen molar-refractivity contribution in [3.8, 4) is 0 Å². The zero-order valence-electron chi connectivity index (χ0n) is 15.3. The third-order valence-electron chi connectivity index (χ3n) is 6.15. The van der Waals surface area contributed by atoms with Gasteiger partial charge in [-0.3, -0.25) is 14.6 Å². The fourth-order valence-electron chi connectivity index (χ4n) is 4.41. The highest BCUT2D eigenvalue weighted by molar-refractivity contribution is 5.81. The van der Waals surface area contributed by atoms with Crippen LogP contribution in [-0.2, 0) is 9.53 Å². The maximum Gasteiger partial charge on any atom is 0.237 e. The van der Waals surface area contributed by atoms with E-state index in [2.05, 4.69) is 22.0 Å². The van der Waals surface area contributed by atoms with Crippen LogP contribution in [0.1, 0.15) is 51.9 Å². The number of nitrogens with zero attached hydrogens (tertiary/aromatic N) is 2. The standard InChI is InChI=1S/C19H35N3O2/c1-16(19(23)20-18-5-3-2-4-6-18)22-9-7-17(8-10-22)15-21-11-13-24-14-12-21/h16-18H,2-15H2,1H3,(H,20,23)/t16-/m1/s1. The number of morpholine rings is 1. The lowest BCUT2D eigenvalue weighted by Gasteiger charge is -2.38. The molecule has 2 heterocycles. The number of ether oxygens (including phenoxy) is 1.